The van der Waals surface area contributed by atoms with E-state index in [0.29, 0.717) is 11.3 Å². The van der Waals surface area contributed by atoms with Crippen LogP contribution in [0, 0.1) is 17.9 Å². The van der Waals surface area contributed by atoms with Crippen LogP contribution in [-0.4, -0.2) is 0 Å². The summed E-state index contributed by atoms with van der Waals surface area (Å²) in [6.07, 6.45) is 0. The Balaban J connectivity index is 1.18. The van der Waals surface area contributed by atoms with Gasteiger partial charge in [-0.15, -0.1) is 0 Å². The minimum atomic E-state index is -0.639. The normalized spacial score (nSPS) is 12.5. The second kappa shape index (κ2) is 14.2. The molecular weight excluding hydrogens is 765 g/mol. The first-order valence-corrected chi connectivity index (χ1v) is 21.2. The Bertz CT molecular complexity index is 3480. The quantitative estimate of drug-likeness (QED) is 0.124. The van der Waals surface area contributed by atoms with Crippen molar-refractivity contribution >= 4 is 61.4 Å². The number of hydrogen-bond acceptors (Lipinski definition) is 3. The van der Waals surface area contributed by atoms with E-state index in [0.717, 1.165) is 34.1 Å². The molecule has 1 spiro atoms. The molecule has 4 nitrogen and oxygen atoms in total. The summed E-state index contributed by atoms with van der Waals surface area (Å²) < 4.78 is 0. The predicted octanol–water partition coefficient (Wildman–Crippen LogP) is 15.7. The first-order chi connectivity index (χ1) is 31.2. The molecule has 2 aliphatic rings. The van der Waals surface area contributed by atoms with E-state index in [1.165, 1.54) is 66.1 Å². The van der Waals surface area contributed by atoms with Gasteiger partial charge in [-0.1, -0.05) is 133 Å². The molecule has 0 heterocycles. The summed E-state index contributed by atoms with van der Waals surface area (Å²) in [6.45, 7) is 7.61. The number of hydrogen-bond donors (Lipinski definition) is 0. The molecule has 10 aromatic rings. The molecule has 12 rings (SSSR count). The molecule has 0 aromatic heterocycles. The van der Waals surface area contributed by atoms with Gasteiger partial charge in [0.1, 0.15) is 0 Å². The van der Waals surface area contributed by atoms with E-state index in [9.17, 15) is 5.26 Å². The fraction of sp³-hybridized carbons (Fsp3) is 0.0169. The lowest BCUT2D eigenvalue weighted by molar-refractivity contribution is 0.801. The van der Waals surface area contributed by atoms with Crippen LogP contribution in [0.15, 0.2) is 218 Å². The Hall–Kier alpha value is -8.70. The number of rotatable bonds is 6. The van der Waals surface area contributed by atoms with Gasteiger partial charge in [0.05, 0.1) is 23.6 Å². The molecule has 0 aliphatic heterocycles. The Morgan fingerprint density at radius 1 is 0.397 bits per heavy atom. The third kappa shape index (κ3) is 5.33. The van der Waals surface area contributed by atoms with Gasteiger partial charge < -0.3 is 9.80 Å². The number of nitrogens with zero attached hydrogens (tertiary/aromatic N) is 4. The lowest BCUT2D eigenvalue weighted by Crippen LogP contribution is -2.26. The molecule has 0 bridgehead atoms. The van der Waals surface area contributed by atoms with E-state index in [-0.39, 0.29) is 0 Å². The van der Waals surface area contributed by atoms with Crippen molar-refractivity contribution < 1.29 is 0 Å². The van der Waals surface area contributed by atoms with Gasteiger partial charge in [0, 0.05) is 34.1 Å². The molecule has 0 fully saturated rings. The van der Waals surface area contributed by atoms with Crippen molar-refractivity contribution in [2.45, 2.75) is 5.41 Å². The van der Waals surface area contributed by atoms with Crippen LogP contribution < -0.4 is 9.80 Å². The number of fused-ring (bicyclic) bond motifs is 15. The average molecular weight is 801 g/mol. The number of benzene rings is 10. The highest BCUT2D eigenvalue weighted by atomic mass is 15.1. The van der Waals surface area contributed by atoms with Crippen LogP contribution in [0.2, 0.25) is 0 Å². The van der Waals surface area contributed by atoms with Crippen molar-refractivity contribution in [3.05, 3.63) is 258 Å². The van der Waals surface area contributed by atoms with Crippen molar-refractivity contribution in [3.63, 3.8) is 0 Å². The van der Waals surface area contributed by atoms with Crippen molar-refractivity contribution in [2.75, 3.05) is 9.80 Å². The summed E-state index contributed by atoms with van der Waals surface area (Å²) in [7, 11) is 0. The van der Waals surface area contributed by atoms with Crippen molar-refractivity contribution in [3.8, 4) is 28.3 Å². The van der Waals surface area contributed by atoms with E-state index < -0.39 is 5.41 Å². The van der Waals surface area contributed by atoms with Crippen molar-refractivity contribution in [2.24, 2.45) is 0 Å². The van der Waals surface area contributed by atoms with E-state index in [1.54, 1.807) is 0 Å². The largest absolute Gasteiger partial charge is 0.311 e. The minimum Gasteiger partial charge on any atom is -0.311 e. The van der Waals surface area contributed by atoms with E-state index in [4.69, 9.17) is 6.57 Å². The molecule has 0 atom stereocenters. The first-order valence-electron chi connectivity index (χ1n) is 21.2. The molecule has 0 amide bonds. The van der Waals surface area contributed by atoms with E-state index >= 15 is 0 Å². The van der Waals surface area contributed by atoms with Crippen LogP contribution in [0.4, 0.5) is 39.8 Å². The maximum atomic E-state index is 9.71. The molecule has 63 heavy (non-hydrogen) atoms. The van der Waals surface area contributed by atoms with E-state index in [1.807, 2.05) is 60.7 Å². The second-order valence-corrected chi connectivity index (χ2v) is 16.2. The van der Waals surface area contributed by atoms with Crippen LogP contribution in [0.3, 0.4) is 0 Å². The van der Waals surface area contributed by atoms with Gasteiger partial charge in [-0.25, -0.2) is 4.85 Å². The number of anilines is 6. The first kappa shape index (κ1) is 36.2. The Morgan fingerprint density at radius 2 is 0.889 bits per heavy atom. The summed E-state index contributed by atoms with van der Waals surface area (Å²) in [4.78, 5) is 8.27. The Kier molecular flexibility index (Phi) is 8.16. The molecule has 292 valence electrons. The van der Waals surface area contributed by atoms with Gasteiger partial charge in [-0.3, -0.25) is 0 Å². The SMILES string of the molecule is [C-]#[N+]c1ccc(N(c2ccccc2)c2ccc3c4c(c5ccccc5c3c2)-c2ccc(N(c3ccccc3)c3ccc(C#N)cc3)cc2C42c3ccccc3-c3ccccc32)cc1. The number of para-hydroxylation sites is 2. The molecule has 2 aliphatic carbocycles. The molecule has 0 unspecified atom stereocenters. The zero-order chi connectivity index (χ0) is 42.1. The topological polar surface area (TPSA) is 34.6 Å². The highest BCUT2D eigenvalue weighted by Gasteiger charge is 2.53. The Morgan fingerprint density at radius 3 is 1.49 bits per heavy atom. The van der Waals surface area contributed by atoms with Gasteiger partial charge in [0.25, 0.3) is 0 Å². The Labute approximate surface area is 366 Å². The number of nitriles is 1. The molecule has 4 heteroatoms. The van der Waals surface area contributed by atoms with Crippen molar-refractivity contribution in [1.82, 2.24) is 0 Å². The molecule has 0 radical (unpaired) electrons. The molecule has 0 saturated heterocycles. The van der Waals surface area contributed by atoms with Crippen molar-refractivity contribution in [1.29, 1.82) is 5.26 Å². The van der Waals surface area contributed by atoms with Crippen LogP contribution in [0.25, 0.3) is 48.6 Å². The second-order valence-electron chi connectivity index (χ2n) is 16.2. The minimum absolute atomic E-state index is 0.612. The van der Waals surface area contributed by atoms with Gasteiger partial charge in [0.2, 0.25) is 0 Å². The zero-order valence-corrected chi connectivity index (χ0v) is 34.1. The fourth-order valence-electron chi connectivity index (χ4n) is 10.5. The molecular formula is C59H36N4. The average Bonchev–Trinajstić information content (AvgIpc) is 3.83. The van der Waals surface area contributed by atoms with Gasteiger partial charge >= 0.3 is 0 Å². The third-order valence-electron chi connectivity index (χ3n) is 13.0. The summed E-state index contributed by atoms with van der Waals surface area (Å²) >= 11 is 0. The summed E-state index contributed by atoms with van der Waals surface area (Å²) in [5.74, 6) is 0. The van der Waals surface area contributed by atoms with Crippen LogP contribution in [0.1, 0.15) is 27.8 Å². The predicted molar refractivity (Wildman–Crippen MR) is 258 cm³/mol. The van der Waals surface area contributed by atoms with Gasteiger partial charge in [0.15, 0.2) is 5.69 Å². The molecule has 10 aromatic carbocycles. The highest BCUT2D eigenvalue weighted by Crippen LogP contribution is 2.66. The fourth-order valence-corrected chi connectivity index (χ4v) is 10.5. The summed E-state index contributed by atoms with van der Waals surface area (Å²) in [5, 5.41) is 14.5. The summed E-state index contributed by atoms with van der Waals surface area (Å²) in [5.41, 5.74) is 16.8. The van der Waals surface area contributed by atoms with E-state index in [2.05, 4.69) is 178 Å². The lowest BCUT2D eigenvalue weighted by Gasteiger charge is -2.33. The maximum Gasteiger partial charge on any atom is 0.187 e. The van der Waals surface area contributed by atoms with Gasteiger partial charge in [-0.2, -0.15) is 5.26 Å². The zero-order valence-electron chi connectivity index (χ0n) is 34.1. The monoisotopic (exact) mass is 800 g/mol. The van der Waals surface area contributed by atoms with Gasteiger partial charge in [-0.05, 0) is 151 Å². The standard InChI is InChI=1S/C59H36N4/c1-61-40-26-30-44(31-27-40)62(41-14-4-2-5-15-41)45-32-34-51-53(36-45)47-18-8-9-21-50(47)57-52-35-33-46(63(42-16-6-3-7-17-42)43-28-24-39(38-60)25-29-43)37-56(52)59(58(51)57)54-22-12-10-19-48(54)49-20-11-13-23-55(49)59/h2-37H. The van der Waals surface area contributed by atoms with Crippen LogP contribution >= 0.6 is 0 Å². The summed E-state index contributed by atoms with van der Waals surface area (Å²) in [6, 6.07) is 79.9. The lowest BCUT2D eigenvalue weighted by atomic mass is 9.69. The molecule has 0 saturated carbocycles. The van der Waals surface area contributed by atoms with Crippen LogP contribution in [-0.2, 0) is 5.41 Å². The smallest absolute Gasteiger partial charge is 0.187 e. The maximum absolute atomic E-state index is 9.71. The highest BCUT2D eigenvalue weighted by molar-refractivity contribution is 6.20. The van der Waals surface area contributed by atoms with Crippen LogP contribution in [0.5, 0.6) is 0 Å². The molecule has 0 N–H and O–H groups in total. The third-order valence-corrected chi connectivity index (χ3v) is 13.0.